The predicted molar refractivity (Wildman–Crippen MR) is 169 cm³/mol. The van der Waals surface area contributed by atoms with Crippen molar-refractivity contribution in [1.29, 1.82) is 0 Å². The fraction of sp³-hybridized carbons (Fsp3) is 0.147. The maximum Gasteiger partial charge on any atom is 0.256 e. The van der Waals surface area contributed by atoms with Crippen molar-refractivity contribution in [2.24, 2.45) is 0 Å². The SMILES string of the molecule is CCC(=O)c1c(C(=O)Nc2cc3c(-c4ccc(F)c(Cl)c4)ncnc3cc2OCCOC)ccc2nc3ccccc3cc12. The van der Waals surface area contributed by atoms with Crippen LogP contribution < -0.4 is 10.1 Å². The Hall–Kier alpha value is -4.99. The number of hydrogen-bond donors (Lipinski definition) is 1. The Bertz CT molecular complexity index is 2090. The molecule has 0 unspecified atom stereocenters. The predicted octanol–water partition coefficient (Wildman–Crippen LogP) is 7.66. The lowest BCUT2D eigenvalue weighted by molar-refractivity contribution is 0.0970. The first-order valence-corrected chi connectivity index (χ1v) is 14.3. The van der Waals surface area contributed by atoms with E-state index < -0.39 is 11.7 Å². The largest absolute Gasteiger partial charge is 0.489 e. The van der Waals surface area contributed by atoms with Crippen LogP contribution in [-0.4, -0.2) is 47.0 Å². The van der Waals surface area contributed by atoms with Crippen molar-refractivity contribution < 1.29 is 23.5 Å². The Labute approximate surface area is 256 Å². The van der Waals surface area contributed by atoms with Crippen LogP contribution >= 0.6 is 11.6 Å². The average Bonchev–Trinajstić information content (AvgIpc) is 3.04. The molecule has 44 heavy (non-hydrogen) atoms. The van der Waals surface area contributed by atoms with Gasteiger partial charge in [0.1, 0.15) is 24.5 Å². The molecule has 0 bridgehead atoms. The molecule has 0 atom stereocenters. The van der Waals surface area contributed by atoms with E-state index in [1.165, 1.54) is 18.5 Å². The van der Waals surface area contributed by atoms with Crippen LogP contribution in [0.25, 0.3) is 44.0 Å². The van der Waals surface area contributed by atoms with Crippen LogP contribution in [-0.2, 0) is 4.74 Å². The number of pyridine rings is 1. The van der Waals surface area contributed by atoms with Gasteiger partial charge in [-0.05, 0) is 48.5 Å². The molecule has 6 aromatic rings. The standard InChI is InChI=1S/C34H26ClFN4O4/c1-3-30(41)32-21(9-11-27-22(32)14-19-6-4-5-7-26(19)39-27)34(42)40-29-16-23-28(17-31(29)44-13-12-43-2)37-18-38-33(23)20-8-10-25(36)24(35)15-20/h4-11,14-18H,3,12-13H2,1-2H3,(H,40,42). The highest BCUT2D eigenvalue weighted by molar-refractivity contribution is 6.31. The number of carbonyl (C=O) groups excluding carboxylic acids is 2. The number of rotatable bonds is 9. The Morgan fingerprint density at radius 2 is 1.75 bits per heavy atom. The van der Waals surface area contributed by atoms with Crippen LogP contribution in [0.3, 0.4) is 0 Å². The summed E-state index contributed by atoms with van der Waals surface area (Å²) in [6, 6.07) is 20.6. The van der Waals surface area contributed by atoms with Crippen molar-refractivity contribution in [3.8, 4) is 17.0 Å². The van der Waals surface area contributed by atoms with Gasteiger partial charge in [0.15, 0.2) is 5.78 Å². The van der Waals surface area contributed by atoms with E-state index in [1.807, 2.05) is 30.3 Å². The normalized spacial score (nSPS) is 11.3. The topological polar surface area (TPSA) is 103 Å². The van der Waals surface area contributed by atoms with Gasteiger partial charge in [-0.3, -0.25) is 9.59 Å². The zero-order valence-corrected chi connectivity index (χ0v) is 24.6. The third-order valence-corrected chi connectivity index (χ3v) is 7.56. The summed E-state index contributed by atoms with van der Waals surface area (Å²) in [5.41, 5.74) is 3.83. The Morgan fingerprint density at radius 1 is 0.909 bits per heavy atom. The fourth-order valence-corrected chi connectivity index (χ4v) is 5.29. The number of nitrogens with one attached hydrogen (secondary N) is 1. The monoisotopic (exact) mass is 608 g/mol. The van der Waals surface area contributed by atoms with E-state index in [9.17, 15) is 14.0 Å². The number of hydrogen-bond acceptors (Lipinski definition) is 7. The smallest absolute Gasteiger partial charge is 0.256 e. The minimum atomic E-state index is -0.549. The molecule has 0 aliphatic carbocycles. The van der Waals surface area contributed by atoms with Gasteiger partial charge in [-0.25, -0.2) is 19.3 Å². The third kappa shape index (κ3) is 5.55. The van der Waals surface area contributed by atoms with Gasteiger partial charge in [0.2, 0.25) is 0 Å². The van der Waals surface area contributed by atoms with Crippen LogP contribution in [0.1, 0.15) is 34.1 Å². The van der Waals surface area contributed by atoms with E-state index in [4.69, 9.17) is 26.1 Å². The molecule has 2 aromatic heterocycles. The van der Waals surface area contributed by atoms with E-state index in [1.54, 1.807) is 44.4 Å². The van der Waals surface area contributed by atoms with Gasteiger partial charge in [-0.2, -0.15) is 0 Å². The number of para-hydroxylation sites is 1. The number of ether oxygens (including phenoxy) is 2. The highest BCUT2D eigenvalue weighted by atomic mass is 35.5. The number of Topliss-reactive ketones (excluding diaryl/α,β-unsaturated/α-hetero) is 1. The minimum Gasteiger partial charge on any atom is -0.489 e. The van der Waals surface area contributed by atoms with Gasteiger partial charge in [0.25, 0.3) is 5.91 Å². The first kappa shape index (κ1) is 29.1. The van der Waals surface area contributed by atoms with Crippen LogP contribution in [0.2, 0.25) is 5.02 Å². The number of carbonyl (C=O) groups is 2. The zero-order valence-electron chi connectivity index (χ0n) is 23.9. The van der Waals surface area contributed by atoms with Crippen LogP contribution in [0.15, 0.2) is 79.1 Å². The number of fused-ring (bicyclic) bond motifs is 3. The number of halogens is 2. The summed E-state index contributed by atoms with van der Waals surface area (Å²) >= 11 is 6.07. The fourth-order valence-electron chi connectivity index (χ4n) is 5.11. The van der Waals surface area contributed by atoms with E-state index in [0.29, 0.717) is 56.7 Å². The number of methoxy groups -OCH3 is 1. The molecule has 2 heterocycles. The van der Waals surface area contributed by atoms with Crippen molar-refractivity contribution in [1.82, 2.24) is 15.0 Å². The lowest BCUT2D eigenvalue weighted by Crippen LogP contribution is -2.18. The highest BCUT2D eigenvalue weighted by Crippen LogP contribution is 2.36. The third-order valence-electron chi connectivity index (χ3n) is 7.27. The number of nitrogens with zero attached hydrogens (tertiary/aromatic N) is 3. The summed E-state index contributed by atoms with van der Waals surface area (Å²) in [7, 11) is 1.56. The van der Waals surface area contributed by atoms with E-state index >= 15 is 0 Å². The average molecular weight is 609 g/mol. The van der Waals surface area contributed by atoms with E-state index in [2.05, 4.69) is 15.3 Å². The molecule has 0 spiro atoms. The van der Waals surface area contributed by atoms with Crippen molar-refractivity contribution in [2.75, 3.05) is 25.6 Å². The van der Waals surface area contributed by atoms with Gasteiger partial charge in [-0.1, -0.05) is 36.7 Å². The van der Waals surface area contributed by atoms with E-state index in [0.717, 1.165) is 10.9 Å². The molecule has 4 aromatic carbocycles. The first-order chi connectivity index (χ1) is 21.4. The van der Waals surface area contributed by atoms with Gasteiger partial charge in [0.05, 0.1) is 45.1 Å². The van der Waals surface area contributed by atoms with Crippen molar-refractivity contribution in [2.45, 2.75) is 13.3 Å². The van der Waals surface area contributed by atoms with Crippen LogP contribution in [0.5, 0.6) is 5.75 Å². The second-order valence-electron chi connectivity index (χ2n) is 10.0. The van der Waals surface area contributed by atoms with Crippen LogP contribution in [0, 0.1) is 5.82 Å². The second-order valence-corrected chi connectivity index (χ2v) is 10.4. The molecule has 8 nitrogen and oxygen atoms in total. The number of benzene rings is 4. The Morgan fingerprint density at radius 3 is 2.55 bits per heavy atom. The van der Waals surface area contributed by atoms with Gasteiger partial charge >= 0.3 is 0 Å². The maximum atomic E-state index is 14.0. The molecule has 0 saturated heterocycles. The summed E-state index contributed by atoms with van der Waals surface area (Å²) in [6.07, 6.45) is 1.59. The molecule has 0 radical (unpaired) electrons. The van der Waals surface area contributed by atoms with Gasteiger partial charge in [0, 0.05) is 46.9 Å². The Kier molecular flexibility index (Phi) is 8.15. The number of aromatic nitrogens is 3. The lowest BCUT2D eigenvalue weighted by atomic mass is 9.95. The number of ketones is 1. The van der Waals surface area contributed by atoms with Gasteiger partial charge < -0.3 is 14.8 Å². The summed E-state index contributed by atoms with van der Waals surface area (Å²) in [5.74, 6) is -0.888. The summed E-state index contributed by atoms with van der Waals surface area (Å²) in [5, 5.41) is 4.93. The highest BCUT2D eigenvalue weighted by Gasteiger charge is 2.22. The molecular formula is C34H26ClFN4O4. The number of amides is 1. The molecule has 0 fully saturated rings. The molecule has 6 rings (SSSR count). The summed E-state index contributed by atoms with van der Waals surface area (Å²) in [6.45, 7) is 2.28. The number of anilines is 1. The molecule has 1 amide bonds. The summed E-state index contributed by atoms with van der Waals surface area (Å²) < 4.78 is 25.0. The van der Waals surface area contributed by atoms with Crippen molar-refractivity contribution >= 4 is 61.7 Å². The molecule has 1 N–H and O–H groups in total. The minimum absolute atomic E-state index is 0.0472. The maximum absolute atomic E-state index is 14.0. The molecule has 220 valence electrons. The Balaban J connectivity index is 1.48. The first-order valence-electron chi connectivity index (χ1n) is 13.9. The van der Waals surface area contributed by atoms with E-state index in [-0.39, 0.29) is 29.4 Å². The molecule has 0 aliphatic heterocycles. The van der Waals surface area contributed by atoms with Gasteiger partial charge in [-0.15, -0.1) is 0 Å². The molecular weight excluding hydrogens is 583 g/mol. The van der Waals surface area contributed by atoms with Crippen LogP contribution in [0.4, 0.5) is 10.1 Å². The lowest BCUT2D eigenvalue weighted by Gasteiger charge is -2.17. The molecule has 10 heteroatoms. The van der Waals surface area contributed by atoms with Crippen molar-refractivity contribution in [3.05, 3.63) is 101 Å². The molecule has 0 aliphatic rings. The summed E-state index contributed by atoms with van der Waals surface area (Å²) in [4.78, 5) is 40.8. The quantitative estimate of drug-likeness (QED) is 0.102. The molecule has 0 saturated carbocycles. The second kappa shape index (κ2) is 12.3. The zero-order chi connectivity index (χ0) is 30.8. The van der Waals surface area contributed by atoms with Crippen molar-refractivity contribution in [3.63, 3.8) is 0 Å².